The SMILES string of the molecule is COC(=O)Cn1c(=NC(=O)COc2cccc(C)c2)sc2cc(C(=O)OC)ccc21. The van der Waals surface area contributed by atoms with Gasteiger partial charge in [-0.05, 0) is 42.8 Å². The highest BCUT2D eigenvalue weighted by Gasteiger charge is 2.14. The zero-order valence-electron chi connectivity index (χ0n) is 16.7. The van der Waals surface area contributed by atoms with Crippen LogP contribution in [0.3, 0.4) is 0 Å². The van der Waals surface area contributed by atoms with Gasteiger partial charge in [-0.3, -0.25) is 9.59 Å². The van der Waals surface area contributed by atoms with Gasteiger partial charge < -0.3 is 18.8 Å². The third-order valence-electron chi connectivity index (χ3n) is 4.19. The molecule has 0 aliphatic rings. The Bertz CT molecular complexity index is 1180. The summed E-state index contributed by atoms with van der Waals surface area (Å²) in [5.74, 6) is -0.905. The molecular formula is C21H20N2O6S. The number of ether oxygens (including phenoxy) is 3. The molecule has 1 aromatic heterocycles. The average molecular weight is 428 g/mol. The summed E-state index contributed by atoms with van der Waals surface area (Å²) in [4.78, 5) is 40.5. The predicted octanol–water partition coefficient (Wildman–Crippen LogP) is 2.48. The minimum Gasteiger partial charge on any atom is -0.484 e. The first-order chi connectivity index (χ1) is 14.4. The van der Waals surface area contributed by atoms with Crippen LogP contribution >= 0.6 is 11.3 Å². The van der Waals surface area contributed by atoms with Crippen LogP contribution in [0.4, 0.5) is 0 Å². The summed E-state index contributed by atoms with van der Waals surface area (Å²) in [6, 6.07) is 12.2. The molecule has 0 saturated heterocycles. The summed E-state index contributed by atoms with van der Waals surface area (Å²) in [6.45, 7) is 1.55. The van der Waals surface area contributed by atoms with E-state index >= 15 is 0 Å². The van der Waals surface area contributed by atoms with Crippen LogP contribution in [0.5, 0.6) is 5.75 Å². The lowest BCUT2D eigenvalue weighted by atomic mass is 10.2. The van der Waals surface area contributed by atoms with Crippen molar-refractivity contribution in [1.29, 1.82) is 0 Å². The lowest BCUT2D eigenvalue weighted by Crippen LogP contribution is -2.23. The molecule has 1 amide bonds. The van der Waals surface area contributed by atoms with E-state index in [1.165, 1.54) is 25.6 Å². The van der Waals surface area contributed by atoms with Crippen LogP contribution in [-0.2, 0) is 25.6 Å². The Kier molecular flexibility index (Phi) is 6.63. The van der Waals surface area contributed by atoms with Gasteiger partial charge in [-0.25, -0.2) is 4.79 Å². The predicted molar refractivity (Wildman–Crippen MR) is 110 cm³/mol. The minimum atomic E-state index is -0.505. The Morgan fingerprint density at radius 3 is 2.57 bits per heavy atom. The van der Waals surface area contributed by atoms with E-state index in [0.29, 0.717) is 26.3 Å². The highest BCUT2D eigenvalue weighted by atomic mass is 32.1. The lowest BCUT2D eigenvalue weighted by Gasteiger charge is -2.05. The maximum Gasteiger partial charge on any atom is 0.337 e. The third-order valence-corrected chi connectivity index (χ3v) is 5.23. The van der Waals surface area contributed by atoms with Crippen molar-refractivity contribution in [2.45, 2.75) is 13.5 Å². The van der Waals surface area contributed by atoms with Gasteiger partial charge in [0.15, 0.2) is 11.4 Å². The lowest BCUT2D eigenvalue weighted by molar-refractivity contribution is -0.141. The summed E-state index contributed by atoms with van der Waals surface area (Å²) in [5.41, 5.74) is 2.01. The largest absolute Gasteiger partial charge is 0.484 e. The van der Waals surface area contributed by atoms with Crippen LogP contribution in [0.25, 0.3) is 10.2 Å². The molecule has 0 aliphatic heterocycles. The van der Waals surface area contributed by atoms with Crippen molar-refractivity contribution in [2.24, 2.45) is 4.99 Å². The number of carbonyl (C=O) groups is 3. The molecule has 30 heavy (non-hydrogen) atoms. The number of benzene rings is 2. The van der Waals surface area contributed by atoms with E-state index in [1.807, 2.05) is 25.1 Å². The fourth-order valence-corrected chi connectivity index (χ4v) is 3.82. The molecular weight excluding hydrogens is 408 g/mol. The number of aromatic nitrogens is 1. The van der Waals surface area contributed by atoms with Crippen LogP contribution in [0, 0.1) is 6.92 Å². The highest BCUT2D eigenvalue weighted by Crippen LogP contribution is 2.20. The molecule has 0 aliphatic carbocycles. The number of carbonyl (C=O) groups excluding carboxylic acids is 3. The number of rotatable bonds is 6. The second kappa shape index (κ2) is 9.36. The van der Waals surface area contributed by atoms with Crippen molar-refractivity contribution >= 4 is 39.4 Å². The molecule has 156 valence electrons. The van der Waals surface area contributed by atoms with Gasteiger partial charge in [-0.1, -0.05) is 23.5 Å². The van der Waals surface area contributed by atoms with E-state index in [2.05, 4.69) is 4.99 Å². The fourth-order valence-electron chi connectivity index (χ4n) is 2.74. The van der Waals surface area contributed by atoms with Gasteiger partial charge in [0.2, 0.25) is 0 Å². The zero-order chi connectivity index (χ0) is 21.7. The normalized spacial score (nSPS) is 11.4. The highest BCUT2D eigenvalue weighted by molar-refractivity contribution is 7.16. The Hall–Kier alpha value is -3.46. The first-order valence-electron chi connectivity index (χ1n) is 8.97. The topological polar surface area (TPSA) is 96.2 Å². The van der Waals surface area contributed by atoms with Crippen LogP contribution < -0.4 is 9.54 Å². The number of fused-ring (bicyclic) bond motifs is 1. The monoisotopic (exact) mass is 428 g/mol. The van der Waals surface area contributed by atoms with Gasteiger partial charge in [0.1, 0.15) is 12.3 Å². The molecule has 0 fully saturated rings. The van der Waals surface area contributed by atoms with Gasteiger partial charge in [-0.15, -0.1) is 0 Å². The molecule has 9 heteroatoms. The molecule has 0 spiro atoms. The van der Waals surface area contributed by atoms with Crippen molar-refractivity contribution < 1.29 is 28.6 Å². The van der Waals surface area contributed by atoms with Crippen LogP contribution in [0.2, 0.25) is 0 Å². The first-order valence-corrected chi connectivity index (χ1v) is 9.78. The number of hydrogen-bond donors (Lipinski definition) is 0. The Balaban J connectivity index is 1.94. The number of methoxy groups -OCH3 is 2. The second-order valence-electron chi connectivity index (χ2n) is 6.33. The number of nitrogens with zero attached hydrogens (tertiary/aromatic N) is 2. The van der Waals surface area contributed by atoms with Gasteiger partial charge >= 0.3 is 11.9 Å². The molecule has 0 radical (unpaired) electrons. The summed E-state index contributed by atoms with van der Waals surface area (Å²) < 4.78 is 17.2. The molecule has 0 unspecified atom stereocenters. The van der Waals surface area contributed by atoms with Gasteiger partial charge in [0, 0.05) is 0 Å². The van der Waals surface area contributed by atoms with E-state index < -0.39 is 17.8 Å². The fraction of sp³-hybridized carbons (Fsp3) is 0.238. The maximum atomic E-state index is 12.4. The molecule has 0 atom stereocenters. The van der Waals surface area contributed by atoms with Crippen molar-refractivity contribution in [3.63, 3.8) is 0 Å². The van der Waals surface area contributed by atoms with Crippen molar-refractivity contribution in [1.82, 2.24) is 4.57 Å². The smallest absolute Gasteiger partial charge is 0.337 e. The third kappa shape index (κ3) is 4.93. The van der Waals surface area contributed by atoms with Gasteiger partial charge in [0.05, 0.1) is 30.0 Å². The van der Waals surface area contributed by atoms with Crippen molar-refractivity contribution in [3.05, 3.63) is 58.4 Å². The van der Waals surface area contributed by atoms with Crippen molar-refractivity contribution in [2.75, 3.05) is 20.8 Å². The number of esters is 2. The number of aryl methyl sites for hydroxylation is 1. The van der Waals surface area contributed by atoms with Crippen LogP contribution in [-0.4, -0.2) is 43.2 Å². The first kappa shape index (κ1) is 21.3. The standard InChI is InChI=1S/C21H20N2O6S/c1-13-5-4-6-15(9-13)29-12-18(24)22-21-23(11-19(25)27-2)16-8-7-14(20(26)28-3)10-17(16)30-21/h4-10H,11-12H2,1-3H3. The van der Waals surface area contributed by atoms with Gasteiger partial charge in [0.25, 0.3) is 5.91 Å². The molecule has 3 aromatic rings. The van der Waals surface area contributed by atoms with Crippen LogP contribution in [0.15, 0.2) is 47.5 Å². The molecule has 8 nitrogen and oxygen atoms in total. The number of hydrogen-bond acceptors (Lipinski definition) is 7. The van der Waals surface area contributed by atoms with Crippen molar-refractivity contribution in [3.8, 4) is 5.75 Å². The van der Waals surface area contributed by atoms with E-state index in [0.717, 1.165) is 5.56 Å². The number of amides is 1. The minimum absolute atomic E-state index is 0.126. The molecule has 0 N–H and O–H groups in total. The second-order valence-corrected chi connectivity index (χ2v) is 7.34. The average Bonchev–Trinajstić information content (AvgIpc) is 3.07. The summed E-state index contributed by atoms with van der Waals surface area (Å²) >= 11 is 1.18. The van der Waals surface area contributed by atoms with E-state index in [9.17, 15) is 14.4 Å². The zero-order valence-corrected chi connectivity index (χ0v) is 17.5. The summed E-state index contributed by atoms with van der Waals surface area (Å²) in [6.07, 6.45) is 0. The Labute approximate surface area is 176 Å². The van der Waals surface area contributed by atoms with Crippen LogP contribution in [0.1, 0.15) is 15.9 Å². The van der Waals surface area contributed by atoms with Gasteiger partial charge in [-0.2, -0.15) is 4.99 Å². The van der Waals surface area contributed by atoms with E-state index in [-0.39, 0.29) is 13.2 Å². The molecule has 2 aromatic carbocycles. The maximum absolute atomic E-state index is 12.4. The van der Waals surface area contributed by atoms with E-state index in [1.54, 1.807) is 28.8 Å². The quantitative estimate of drug-likeness (QED) is 0.560. The summed E-state index contributed by atoms with van der Waals surface area (Å²) in [5, 5.41) is 0. The molecule has 0 bridgehead atoms. The molecule has 0 saturated carbocycles. The summed E-state index contributed by atoms with van der Waals surface area (Å²) in [7, 11) is 2.58. The molecule has 3 rings (SSSR count). The van der Waals surface area contributed by atoms with E-state index in [4.69, 9.17) is 14.2 Å². The Morgan fingerprint density at radius 2 is 1.87 bits per heavy atom. The Morgan fingerprint density at radius 1 is 1.07 bits per heavy atom. The molecule has 1 heterocycles. The number of thiazole rings is 1.